The van der Waals surface area contributed by atoms with Crippen molar-refractivity contribution in [2.45, 2.75) is 19.8 Å². The van der Waals surface area contributed by atoms with Gasteiger partial charge in [-0.1, -0.05) is 6.07 Å². The maximum atomic E-state index is 13.6. The minimum absolute atomic E-state index is 0.0991. The molecule has 1 atom stereocenters. The number of anilines is 1. The number of nitrogens with one attached hydrogen (secondary N) is 1. The van der Waals surface area contributed by atoms with Gasteiger partial charge in [0.25, 0.3) is 0 Å². The van der Waals surface area contributed by atoms with Crippen LogP contribution in [0.1, 0.15) is 18.4 Å². The van der Waals surface area contributed by atoms with E-state index in [0.717, 1.165) is 9.87 Å². The molecule has 1 aromatic carbocycles. The van der Waals surface area contributed by atoms with Gasteiger partial charge in [0.15, 0.2) is 0 Å². The van der Waals surface area contributed by atoms with Gasteiger partial charge < -0.3 is 5.11 Å². The second kappa shape index (κ2) is 5.98. The van der Waals surface area contributed by atoms with Crippen LogP contribution >= 0.6 is 0 Å². The van der Waals surface area contributed by atoms with E-state index < -0.39 is 27.9 Å². The molecule has 0 aromatic heterocycles. The van der Waals surface area contributed by atoms with Gasteiger partial charge in [-0.05, 0) is 37.5 Å². The second-order valence-electron chi connectivity index (χ2n) is 5.13. The molecule has 2 N–H and O–H groups in total. The number of hydrogen-bond donors (Lipinski definition) is 2. The van der Waals surface area contributed by atoms with E-state index in [0.29, 0.717) is 12.8 Å². The first kappa shape index (κ1) is 15.7. The molecule has 1 aromatic rings. The Kier molecular flexibility index (Phi) is 4.48. The molecule has 1 aliphatic heterocycles. The highest BCUT2D eigenvalue weighted by Crippen LogP contribution is 2.22. The number of aryl methyl sites for hydroxylation is 1. The standard InChI is InChI=1S/C13H17FN2O4S/c1-9-4-5-11(14)12(7-9)15-21(19,20)16-6-2-3-10(8-16)13(17)18/h4-5,7,10,15H,2-3,6,8H2,1H3,(H,17,18). The van der Waals surface area contributed by atoms with E-state index in [1.807, 2.05) is 0 Å². The summed E-state index contributed by atoms with van der Waals surface area (Å²) in [7, 11) is -3.96. The number of hydrogen-bond acceptors (Lipinski definition) is 3. The molecule has 1 unspecified atom stereocenters. The maximum Gasteiger partial charge on any atom is 0.307 e. The lowest BCUT2D eigenvalue weighted by atomic mass is 10.0. The van der Waals surface area contributed by atoms with Crippen LogP contribution in [-0.2, 0) is 15.0 Å². The predicted octanol–water partition coefficient (Wildman–Crippen LogP) is 1.59. The Morgan fingerprint density at radius 2 is 2.19 bits per heavy atom. The molecule has 2 rings (SSSR count). The molecule has 0 radical (unpaired) electrons. The van der Waals surface area contributed by atoms with Crippen LogP contribution in [-0.4, -0.2) is 36.9 Å². The van der Waals surface area contributed by atoms with Gasteiger partial charge in [-0.2, -0.15) is 12.7 Å². The van der Waals surface area contributed by atoms with E-state index in [4.69, 9.17) is 5.11 Å². The Bertz CT molecular complexity index is 648. The van der Waals surface area contributed by atoms with E-state index in [9.17, 15) is 17.6 Å². The number of aliphatic carboxylic acids is 1. The quantitative estimate of drug-likeness (QED) is 0.883. The third-order valence-electron chi connectivity index (χ3n) is 3.43. The summed E-state index contributed by atoms with van der Waals surface area (Å²) >= 11 is 0. The van der Waals surface area contributed by atoms with Crippen LogP contribution in [0.25, 0.3) is 0 Å². The van der Waals surface area contributed by atoms with Gasteiger partial charge in [-0.25, -0.2) is 4.39 Å². The zero-order valence-corrected chi connectivity index (χ0v) is 12.4. The van der Waals surface area contributed by atoms with Crippen molar-refractivity contribution >= 4 is 21.9 Å². The molecule has 1 heterocycles. The molecule has 21 heavy (non-hydrogen) atoms. The number of benzene rings is 1. The number of carbonyl (C=O) groups is 1. The Morgan fingerprint density at radius 1 is 1.48 bits per heavy atom. The number of piperidine rings is 1. The molecule has 116 valence electrons. The molecule has 0 amide bonds. The summed E-state index contributed by atoms with van der Waals surface area (Å²) < 4.78 is 41.4. The van der Waals surface area contributed by atoms with Gasteiger partial charge in [0, 0.05) is 13.1 Å². The van der Waals surface area contributed by atoms with Gasteiger partial charge in [-0.15, -0.1) is 0 Å². The lowest BCUT2D eigenvalue weighted by molar-refractivity contribution is -0.142. The Hall–Kier alpha value is -1.67. The van der Waals surface area contributed by atoms with E-state index in [-0.39, 0.29) is 18.8 Å². The van der Waals surface area contributed by atoms with Crippen molar-refractivity contribution in [3.05, 3.63) is 29.6 Å². The van der Waals surface area contributed by atoms with Crippen LogP contribution in [0.2, 0.25) is 0 Å². The highest BCUT2D eigenvalue weighted by molar-refractivity contribution is 7.90. The van der Waals surface area contributed by atoms with E-state index in [1.54, 1.807) is 6.92 Å². The summed E-state index contributed by atoms with van der Waals surface area (Å²) in [4.78, 5) is 11.0. The molecule has 8 heteroatoms. The largest absolute Gasteiger partial charge is 0.481 e. The third kappa shape index (κ3) is 3.70. The zero-order valence-electron chi connectivity index (χ0n) is 11.5. The monoisotopic (exact) mass is 316 g/mol. The topological polar surface area (TPSA) is 86.7 Å². The van der Waals surface area contributed by atoms with Gasteiger partial charge in [-0.3, -0.25) is 9.52 Å². The van der Waals surface area contributed by atoms with Gasteiger partial charge in [0.2, 0.25) is 0 Å². The summed E-state index contributed by atoms with van der Waals surface area (Å²) in [6, 6.07) is 4.11. The second-order valence-corrected chi connectivity index (χ2v) is 6.80. The first-order valence-electron chi connectivity index (χ1n) is 6.56. The average molecular weight is 316 g/mol. The van der Waals surface area contributed by atoms with Crippen molar-refractivity contribution in [1.29, 1.82) is 0 Å². The fourth-order valence-electron chi connectivity index (χ4n) is 2.28. The molecule has 0 saturated carbocycles. The molecule has 6 nitrogen and oxygen atoms in total. The van der Waals surface area contributed by atoms with Crippen molar-refractivity contribution in [2.75, 3.05) is 17.8 Å². The predicted molar refractivity (Wildman–Crippen MR) is 75.6 cm³/mol. The normalized spacial score (nSPS) is 20.2. The zero-order chi connectivity index (χ0) is 15.6. The molecular formula is C13H17FN2O4S. The van der Waals surface area contributed by atoms with E-state index >= 15 is 0 Å². The van der Waals surface area contributed by atoms with Gasteiger partial charge in [0.1, 0.15) is 5.82 Å². The van der Waals surface area contributed by atoms with Crippen molar-refractivity contribution < 1.29 is 22.7 Å². The molecule has 0 spiro atoms. The van der Waals surface area contributed by atoms with Crippen molar-refractivity contribution in [3.8, 4) is 0 Å². The Labute approximate surface area is 122 Å². The van der Waals surface area contributed by atoms with Gasteiger partial charge >= 0.3 is 16.2 Å². The molecule has 1 fully saturated rings. The molecule has 0 aliphatic carbocycles. The first-order chi connectivity index (χ1) is 9.79. The highest BCUT2D eigenvalue weighted by Gasteiger charge is 2.32. The number of rotatable bonds is 4. The van der Waals surface area contributed by atoms with Crippen LogP contribution in [0.3, 0.4) is 0 Å². The first-order valence-corrected chi connectivity index (χ1v) is 8.00. The Balaban J connectivity index is 2.18. The van der Waals surface area contributed by atoms with Crippen LogP contribution in [0.5, 0.6) is 0 Å². The smallest absolute Gasteiger partial charge is 0.307 e. The lowest BCUT2D eigenvalue weighted by Gasteiger charge is -2.30. The van der Waals surface area contributed by atoms with Crippen LogP contribution in [0.4, 0.5) is 10.1 Å². The van der Waals surface area contributed by atoms with Gasteiger partial charge in [0.05, 0.1) is 11.6 Å². The van der Waals surface area contributed by atoms with E-state index in [1.165, 1.54) is 18.2 Å². The summed E-state index contributed by atoms with van der Waals surface area (Å²) in [5.74, 6) is -2.41. The van der Waals surface area contributed by atoms with Crippen LogP contribution < -0.4 is 4.72 Å². The number of halogens is 1. The minimum atomic E-state index is -3.96. The highest BCUT2D eigenvalue weighted by atomic mass is 32.2. The number of nitrogens with zero attached hydrogens (tertiary/aromatic N) is 1. The van der Waals surface area contributed by atoms with Crippen LogP contribution in [0.15, 0.2) is 18.2 Å². The maximum absolute atomic E-state index is 13.6. The summed E-state index contributed by atoms with van der Waals surface area (Å²) in [6.45, 7) is 1.85. The van der Waals surface area contributed by atoms with E-state index in [2.05, 4.69) is 4.72 Å². The summed E-state index contributed by atoms with van der Waals surface area (Å²) in [6.07, 6.45) is 0.911. The summed E-state index contributed by atoms with van der Waals surface area (Å²) in [5.41, 5.74) is 0.587. The van der Waals surface area contributed by atoms with Crippen molar-refractivity contribution in [1.82, 2.24) is 4.31 Å². The molecule has 1 aliphatic rings. The summed E-state index contributed by atoms with van der Waals surface area (Å²) in [5, 5.41) is 8.99. The lowest BCUT2D eigenvalue weighted by Crippen LogP contribution is -2.44. The van der Waals surface area contributed by atoms with Crippen molar-refractivity contribution in [2.24, 2.45) is 5.92 Å². The molecular weight excluding hydrogens is 299 g/mol. The van der Waals surface area contributed by atoms with Crippen molar-refractivity contribution in [3.63, 3.8) is 0 Å². The third-order valence-corrected chi connectivity index (χ3v) is 4.92. The Morgan fingerprint density at radius 3 is 2.86 bits per heavy atom. The molecule has 0 bridgehead atoms. The fraction of sp³-hybridized carbons (Fsp3) is 0.462. The number of carboxylic acid groups (broad SMARTS) is 1. The average Bonchev–Trinajstić information content (AvgIpc) is 2.43. The molecule has 1 saturated heterocycles. The minimum Gasteiger partial charge on any atom is -0.481 e. The fourth-order valence-corrected chi connectivity index (χ4v) is 3.59. The SMILES string of the molecule is Cc1ccc(F)c(NS(=O)(=O)N2CCCC(C(=O)O)C2)c1. The van der Waals surface area contributed by atoms with Crippen LogP contribution in [0, 0.1) is 18.7 Å². The number of carboxylic acids is 1.